The summed E-state index contributed by atoms with van der Waals surface area (Å²) in [5, 5.41) is 0. The second-order valence-electron chi connectivity index (χ2n) is 5.17. The summed E-state index contributed by atoms with van der Waals surface area (Å²) in [7, 11) is 0. The molecule has 0 bridgehead atoms. The molecule has 0 aromatic carbocycles. The van der Waals surface area contributed by atoms with Gasteiger partial charge in [-0.05, 0) is 31.9 Å². The van der Waals surface area contributed by atoms with E-state index < -0.39 is 0 Å². The minimum absolute atomic E-state index is 0.380. The highest BCUT2D eigenvalue weighted by atomic mass is 16.1. The fraction of sp³-hybridized carbons (Fsp3) is 0.500. The maximum Gasteiger partial charge on any atom is 0.170 e. The number of imidazole rings is 1. The van der Waals surface area contributed by atoms with Gasteiger partial charge in [0.25, 0.3) is 0 Å². The van der Waals surface area contributed by atoms with Gasteiger partial charge >= 0.3 is 0 Å². The van der Waals surface area contributed by atoms with Crippen LogP contribution in [0.3, 0.4) is 0 Å². The van der Waals surface area contributed by atoms with Gasteiger partial charge in [-0.2, -0.15) is 0 Å². The number of aromatic nitrogens is 2. The van der Waals surface area contributed by atoms with Crippen molar-refractivity contribution in [1.29, 1.82) is 0 Å². The van der Waals surface area contributed by atoms with E-state index in [1.165, 1.54) is 0 Å². The predicted octanol–water partition coefficient (Wildman–Crippen LogP) is 3.55. The molecule has 2 aromatic rings. The van der Waals surface area contributed by atoms with Crippen LogP contribution in [0, 0.1) is 0 Å². The minimum atomic E-state index is 0.380. The predicted molar refractivity (Wildman–Crippen MR) is 82.6 cm³/mol. The van der Waals surface area contributed by atoms with E-state index in [9.17, 15) is 4.79 Å². The molecule has 2 rings (SSSR count). The van der Waals surface area contributed by atoms with Crippen molar-refractivity contribution in [2.45, 2.75) is 46.1 Å². The summed E-state index contributed by atoms with van der Waals surface area (Å²) in [4.78, 5) is 18.4. The molecule has 0 saturated heterocycles. The van der Waals surface area contributed by atoms with Gasteiger partial charge in [-0.15, -0.1) is 0 Å². The lowest BCUT2D eigenvalue weighted by atomic mass is 10.2. The van der Waals surface area contributed by atoms with Crippen LogP contribution in [0.2, 0.25) is 0 Å². The Balaban J connectivity index is 2.48. The smallest absolute Gasteiger partial charge is 0.170 e. The highest BCUT2D eigenvalue weighted by Gasteiger charge is 2.20. The van der Waals surface area contributed by atoms with Crippen LogP contribution in [0.4, 0.5) is 5.82 Å². The number of hydrogen-bond donors (Lipinski definition) is 0. The number of hydrogen-bond acceptors (Lipinski definition) is 3. The van der Waals surface area contributed by atoms with Gasteiger partial charge in [0.15, 0.2) is 12.1 Å². The summed E-state index contributed by atoms with van der Waals surface area (Å²) < 4.78 is 1.86. The summed E-state index contributed by atoms with van der Waals surface area (Å²) in [5.41, 5.74) is 1.48. The van der Waals surface area contributed by atoms with E-state index in [4.69, 9.17) is 0 Å². The molecule has 1 unspecified atom stereocenters. The Bertz CT molecular complexity index is 576. The largest absolute Gasteiger partial charge is 0.352 e. The Morgan fingerprint density at radius 1 is 1.40 bits per heavy atom. The molecule has 0 saturated carbocycles. The molecule has 0 radical (unpaired) electrons. The molecule has 4 heteroatoms. The van der Waals surface area contributed by atoms with Crippen molar-refractivity contribution in [2.75, 3.05) is 11.4 Å². The van der Waals surface area contributed by atoms with E-state index in [1.807, 2.05) is 28.8 Å². The molecule has 0 N–H and O–H groups in total. The van der Waals surface area contributed by atoms with Gasteiger partial charge in [-0.1, -0.05) is 26.3 Å². The highest BCUT2D eigenvalue weighted by molar-refractivity contribution is 5.83. The third-order valence-electron chi connectivity index (χ3n) is 3.81. The monoisotopic (exact) mass is 273 g/mol. The van der Waals surface area contributed by atoms with Crippen molar-refractivity contribution < 1.29 is 4.79 Å². The third kappa shape index (κ3) is 2.69. The lowest BCUT2D eigenvalue weighted by Gasteiger charge is -2.29. The van der Waals surface area contributed by atoms with Crippen LogP contribution in [0.25, 0.3) is 5.65 Å². The number of carbonyl (C=O) groups is 1. The molecule has 20 heavy (non-hydrogen) atoms. The first-order valence-corrected chi connectivity index (χ1v) is 7.41. The van der Waals surface area contributed by atoms with Gasteiger partial charge in [0.1, 0.15) is 11.3 Å². The van der Waals surface area contributed by atoms with E-state index in [0.29, 0.717) is 11.7 Å². The number of pyridine rings is 1. The van der Waals surface area contributed by atoms with Crippen molar-refractivity contribution in [1.82, 2.24) is 9.38 Å². The standard InChI is InChI=1S/C16H23N3O/c1-4-6-10-18(13(3)5-2)16-14(12-20)19-11-8-7-9-15(19)17-16/h7-9,11-13H,4-6,10H2,1-3H3. The Morgan fingerprint density at radius 2 is 2.20 bits per heavy atom. The van der Waals surface area contributed by atoms with Gasteiger partial charge in [0.05, 0.1) is 0 Å². The van der Waals surface area contributed by atoms with Crippen LogP contribution in [0.15, 0.2) is 24.4 Å². The molecule has 0 fully saturated rings. The SMILES string of the molecule is CCCCN(c1nc2ccccn2c1C=O)C(C)CC. The number of aldehydes is 1. The van der Waals surface area contributed by atoms with Crippen LogP contribution in [-0.2, 0) is 0 Å². The molecule has 0 aliphatic rings. The molecular weight excluding hydrogens is 250 g/mol. The number of fused-ring (bicyclic) bond motifs is 1. The van der Waals surface area contributed by atoms with Crippen LogP contribution in [0.1, 0.15) is 50.5 Å². The molecule has 2 heterocycles. The molecule has 1 atom stereocenters. The van der Waals surface area contributed by atoms with Crippen molar-refractivity contribution >= 4 is 17.8 Å². The zero-order chi connectivity index (χ0) is 14.5. The van der Waals surface area contributed by atoms with Crippen molar-refractivity contribution in [3.05, 3.63) is 30.1 Å². The number of rotatable bonds is 7. The molecule has 0 aliphatic carbocycles. The van der Waals surface area contributed by atoms with E-state index in [0.717, 1.165) is 43.6 Å². The van der Waals surface area contributed by atoms with E-state index >= 15 is 0 Å². The normalized spacial score (nSPS) is 12.6. The van der Waals surface area contributed by atoms with Crippen LogP contribution >= 0.6 is 0 Å². The first-order chi connectivity index (χ1) is 9.72. The maximum atomic E-state index is 11.5. The number of carbonyl (C=O) groups excluding carboxylic acids is 1. The third-order valence-corrected chi connectivity index (χ3v) is 3.81. The topological polar surface area (TPSA) is 37.6 Å². The van der Waals surface area contributed by atoms with Crippen molar-refractivity contribution in [2.24, 2.45) is 0 Å². The summed E-state index contributed by atoms with van der Waals surface area (Å²) >= 11 is 0. The average molecular weight is 273 g/mol. The quantitative estimate of drug-likeness (QED) is 0.724. The van der Waals surface area contributed by atoms with Crippen LogP contribution in [-0.4, -0.2) is 28.3 Å². The Kier molecular flexibility index (Phi) is 4.77. The van der Waals surface area contributed by atoms with Gasteiger partial charge in [-0.3, -0.25) is 9.20 Å². The van der Waals surface area contributed by atoms with E-state index in [1.54, 1.807) is 0 Å². The molecule has 0 amide bonds. The second-order valence-corrected chi connectivity index (χ2v) is 5.17. The summed E-state index contributed by atoms with van der Waals surface area (Å²) in [5.74, 6) is 0.814. The van der Waals surface area contributed by atoms with E-state index in [-0.39, 0.29) is 0 Å². The van der Waals surface area contributed by atoms with Crippen LogP contribution < -0.4 is 4.90 Å². The molecule has 2 aromatic heterocycles. The van der Waals surface area contributed by atoms with E-state index in [2.05, 4.69) is 30.7 Å². The maximum absolute atomic E-state index is 11.5. The van der Waals surface area contributed by atoms with Gasteiger partial charge < -0.3 is 4.90 Å². The fourth-order valence-corrected chi connectivity index (χ4v) is 2.41. The molecular formula is C16H23N3O. The zero-order valence-electron chi connectivity index (χ0n) is 12.5. The average Bonchev–Trinajstić information content (AvgIpc) is 2.85. The first-order valence-electron chi connectivity index (χ1n) is 7.41. The molecule has 0 spiro atoms. The second kappa shape index (κ2) is 6.55. The summed E-state index contributed by atoms with van der Waals surface area (Å²) in [6, 6.07) is 6.18. The highest BCUT2D eigenvalue weighted by Crippen LogP contribution is 2.23. The van der Waals surface area contributed by atoms with Gasteiger partial charge in [-0.25, -0.2) is 4.98 Å². The van der Waals surface area contributed by atoms with Crippen LogP contribution in [0.5, 0.6) is 0 Å². The van der Waals surface area contributed by atoms with Gasteiger partial charge in [0.2, 0.25) is 0 Å². The fourth-order valence-electron chi connectivity index (χ4n) is 2.41. The first kappa shape index (κ1) is 14.6. The Hall–Kier alpha value is -1.84. The molecule has 0 aliphatic heterocycles. The molecule has 4 nitrogen and oxygen atoms in total. The Morgan fingerprint density at radius 3 is 2.85 bits per heavy atom. The lowest BCUT2D eigenvalue weighted by molar-refractivity contribution is 0.111. The number of nitrogens with zero attached hydrogens (tertiary/aromatic N) is 3. The summed E-state index contributed by atoms with van der Waals surface area (Å²) in [6.07, 6.45) is 6.09. The van der Waals surface area contributed by atoms with Crippen molar-refractivity contribution in [3.63, 3.8) is 0 Å². The van der Waals surface area contributed by atoms with Crippen molar-refractivity contribution in [3.8, 4) is 0 Å². The molecule has 108 valence electrons. The number of unbranched alkanes of at least 4 members (excludes halogenated alkanes) is 1. The lowest BCUT2D eigenvalue weighted by Crippen LogP contribution is -2.34. The minimum Gasteiger partial charge on any atom is -0.352 e. The zero-order valence-corrected chi connectivity index (χ0v) is 12.5. The van der Waals surface area contributed by atoms with Gasteiger partial charge in [0, 0.05) is 18.8 Å². The Labute approximate surface area is 120 Å². The number of anilines is 1. The summed E-state index contributed by atoms with van der Waals surface area (Å²) in [6.45, 7) is 7.48.